The summed E-state index contributed by atoms with van der Waals surface area (Å²) in [6, 6.07) is 0. The monoisotopic (exact) mass is 643 g/mol. The molecule has 3 heterocycles. The standard InChI is InChI=1S/C21H26O5.C10H12FN5O4/c1-19-7-5-13(23)9-12(19)3-4-14-15-6-8-21(26,17(25)11-22)20(15,2)10-16(24)18(14)19;11-10-14-7(12)4-8(15-10)16(2-13-4)9-6(19)5(18)3(1-17)20-9/h5,7,9,14-15,18,22,26H,3-4,6,8,10-11H2,1-2H3;2-3,5-6,9,17-19H,1H2,(H2,12,14,15)/t14-,15-,18+,19-,20-,21-;3-,5-,6+,9-/m01/s1. The summed E-state index contributed by atoms with van der Waals surface area (Å²) in [6.07, 6.45) is 3.44. The van der Waals surface area contributed by atoms with E-state index >= 15 is 0 Å². The van der Waals surface area contributed by atoms with Crippen LogP contribution in [0.4, 0.5) is 10.2 Å². The van der Waals surface area contributed by atoms with Crippen LogP contribution in [0.3, 0.4) is 0 Å². The average Bonchev–Trinajstić information content (AvgIpc) is 3.64. The van der Waals surface area contributed by atoms with Crippen molar-refractivity contribution in [1.29, 1.82) is 0 Å². The van der Waals surface area contributed by atoms with Gasteiger partial charge in [0.2, 0.25) is 0 Å². The van der Waals surface area contributed by atoms with Crippen molar-refractivity contribution in [3.8, 4) is 0 Å². The third kappa shape index (κ3) is 4.66. The van der Waals surface area contributed by atoms with E-state index in [1.807, 2.05) is 19.9 Å². The number of fused-ring (bicyclic) bond motifs is 6. The number of ether oxygens (including phenoxy) is 1. The van der Waals surface area contributed by atoms with Crippen LogP contribution >= 0.6 is 0 Å². The van der Waals surface area contributed by atoms with Crippen LogP contribution in [0, 0.1) is 34.7 Å². The number of halogens is 1. The first-order valence-corrected chi connectivity index (χ1v) is 15.3. The first kappa shape index (κ1) is 32.5. The van der Waals surface area contributed by atoms with E-state index in [1.54, 1.807) is 12.2 Å². The number of nitrogens with two attached hydrogens (primary N) is 1. The van der Waals surface area contributed by atoms with Crippen LogP contribution in [0.25, 0.3) is 11.2 Å². The number of hydrogen-bond acceptors (Lipinski definition) is 13. The molecule has 46 heavy (non-hydrogen) atoms. The van der Waals surface area contributed by atoms with Gasteiger partial charge in [-0.1, -0.05) is 25.5 Å². The molecule has 2 aromatic rings. The Morgan fingerprint density at radius 1 is 1.17 bits per heavy atom. The molecule has 248 valence electrons. The van der Waals surface area contributed by atoms with Gasteiger partial charge in [0.05, 0.1) is 12.9 Å². The van der Waals surface area contributed by atoms with E-state index in [2.05, 4.69) is 15.0 Å². The Kier molecular flexibility index (Phi) is 8.01. The van der Waals surface area contributed by atoms with Gasteiger partial charge in [-0.3, -0.25) is 19.0 Å². The van der Waals surface area contributed by atoms with Gasteiger partial charge in [0, 0.05) is 23.2 Å². The van der Waals surface area contributed by atoms with Crippen LogP contribution in [0.1, 0.15) is 52.2 Å². The number of aromatic nitrogens is 4. The molecule has 14 nitrogen and oxygen atoms in total. The van der Waals surface area contributed by atoms with Gasteiger partial charge in [-0.15, -0.1) is 0 Å². The minimum Gasteiger partial charge on any atom is -0.394 e. The second-order valence-corrected chi connectivity index (χ2v) is 13.4. The third-order valence-corrected chi connectivity index (χ3v) is 11.2. The third-order valence-electron chi connectivity index (χ3n) is 11.2. The molecule has 2 aromatic heterocycles. The van der Waals surface area contributed by atoms with Gasteiger partial charge in [-0.05, 0) is 49.7 Å². The quantitative estimate of drug-likeness (QED) is 0.240. The molecule has 1 aliphatic heterocycles. The summed E-state index contributed by atoms with van der Waals surface area (Å²) in [5, 5.41) is 49.1. The highest BCUT2D eigenvalue weighted by Gasteiger charge is 2.68. The highest BCUT2D eigenvalue weighted by atomic mass is 19.1. The van der Waals surface area contributed by atoms with Gasteiger partial charge in [0.15, 0.2) is 34.8 Å². The van der Waals surface area contributed by atoms with Crippen molar-refractivity contribution in [2.24, 2.45) is 28.6 Å². The molecule has 7 N–H and O–H groups in total. The molecule has 4 aliphatic carbocycles. The topological polar surface area (TPSA) is 231 Å². The summed E-state index contributed by atoms with van der Waals surface area (Å²) in [7, 11) is 0. The summed E-state index contributed by atoms with van der Waals surface area (Å²) in [5.74, 6) is -0.731. The van der Waals surface area contributed by atoms with E-state index in [1.165, 1.54) is 10.9 Å². The second-order valence-electron chi connectivity index (χ2n) is 13.4. The Bertz CT molecular complexity index is 1660. The van der Waals surface area contributed by atoms with E-state index in [0.717, 1.165) is 18.4 Å². The van der Waals surface area contributed by atoms with Crippen molar-refractivity contribution in [3.05, 3.63) is 36.2 Å². The Morgan fingerprint density at radius 3 is 2.59 bits per heavy atom. The molecule has 0 aromatic carbocycles. The smallest absolute Gasteiger partial charge is 0.312 e. The summed E-state index contributed by atoms with van der Waals surface area (Å²) in [5.41, 5.74) is 3.85. The van der Waals surface area contributed by atoms with Crippen LogP contribution in [0.15, 0.2) is 30.1 Å². The Morgan fingerprint density at radius 2 is 1.91 bits per heavy atom. The Balaban J connectivity index is 0.000000167. The number of hydrogen-bond donors (Lipinski definition) is 6. The molecular weight excluding hydrogens is 605 g/mol. The number of Topliss-reactive ketones (excluding diaryl/α,β-unsaturated/α-hetero) is 2. The fourth-order valence-corrected chi connectivity index (χ4v) is 8.83. The van der Waals surface area contributed by atoms with Crippen LogP contribution in [0.2, 0.25) is 0 Å². The molecular formula is C31H38FN5O9. The minimum absolute atomic E-state index is 0.0206. The Labute approximate surface area is 262 Å². The SMILES string of the molecule is C[C@]12C=CC(=O)C=C1CC[C@@H]1[C@@H]2C(=O)C[C@@]2(C)[C@H]1CC[C@]2(O)C(=O)CO.Nc1nc(F)nc2c1ncn2[C@@H]1O[C@H](CO)[C@@H](O)[C@@H]1O. The van der Waals surface area contributed by atoms with Crippen molar-refractivity contribution in [1.82, 2.24) is 19.5 Å². The highest BCUT2D eigenvalue weighted by molar-refractivity contribution is 6.02. The average molecular weight is 644 g/mol. The molecule has 0 radical (unpaired) electrons. The van der Waals surface area contributed by atoms with E-state index in [0.29, 0.717) is 12.8 Å². The lowest BCUT2D eigenvalue weighted by molar-refractivity contribution is -0.168. The van der Waals surface area contributed by atoms with Crippen molar-refractivity contribution < 1.29 is 49.0 Å². The number of nitrogen functional groups attached to an aromatic ring is 1. The number of carbonyl (C=O) groups is 3. The predicted octanol–water partition coefficient (Wildman–Crippen LogP) is -0.0751. The van der Waals surface area contributed by atoms with E-state index < -0.39 is 66.0 Å². The number of ketones is 3. The molecule has 15 heteroatoms. The summed E-state index contributed by atoms with van der Waals surface area (Å²) >= 11 is 0. The van der Waals surface area contributed by atoms with E-state index in [9.17, 15) is 39.2 Å². The lowest BCUT2D eigenvalue weighted by atomic mass is 9.46. The maximum atomic E-state index is 13.3. The molecule has 10 atom stereocenters. The molecule has 0 amide bonds. The Hall–Kier alpha value is -3.47. The fourth-order valence-electron chi connectivity index (χ4n) is 8.83. The van der Waals surface area contributed by atoms with Crippen LogP contribution in [-0.2, 0) is 19.1 Å². The molecule has 3 saturated carbocycles. The van der Waals surface area contributed by atoms with Crippen molar-refractivity contribution in [2.45, 2.75) is 76.1 Å². The van der Waals surface area contributed by atoms with Crippen LogP contribution in [-0.4, -0.2) is 99.5 Å². The maximum Gasteiger partial charge on any atom is 0.312 e. The minimum atomic E-state index is -1.62. The molecule has 7 rings (SSSR count). The van der Waals surface area contributed by atoms with Gasteiger partial charge in [0.25, 0.3) is 0 Å². The van der Waals surface area contributed by atoms with Crippen molar-refractivity contribution >= 4 is 34.3 Å². The molecule has 0 spiro atoms. The summed E-state index contributed by atoms with van der Waals surface area (Å²) < 4.78 is 19.8. The largest absolute Gasteiger partial charge is 0.394 e. The molecule has 4 fully saturated rings. The van der Waals surface area contributed by atoms with Crippen LogP contribution in [0.5, 0.6) is 0 Å². The molecule has 5 aliphatic rings. The van der Waals surface area contributed by atoms with E-state index in [-0.39, 0.29) is 52.7 Å². The zero-order valence-corrected chi connectivity index (χ0v) is 25.4. The number of rotatable bonds is 4. The van der Waals surface area contributed by atoms with Gasteiger partial charge in [-0.25, -0.2) is 4.98 Å². The van der Waals surface area contributed by atoms with Crippen molar-refractivity contribution in [2.75, 3.05) is 18.9 Å². The van der Waals surface area contributed by atoms with Gasteiger partial charge < -0.3 is 36.0 Å². The molecule has 1 saturated heterocycles. The van der Waals surface area contributed by atoms with Crippen molar-refractivity contribution in [3.63, 3.8) is 0 Å². The predicted molar refractivity (Wildman–Crippen MR) is 157 cm³/mol. The zero-order valence-electron chi connectivity index (χ0n) is 25.4. The fraction of sp³-hybridized carbons (Fsp3) is 0.613. The van der Waals surface area contributed by atoms with Gasteiger partial charge in [0.1, 0.15) is 36.3 Å². The second kappa shape index (κ2) is 11.3. The summed E-state index contributed by atoms with van der Waals surface area (Å²) in [6.45, 7) is 2.73. The number of anilines is 1. The zero-order chi connectivity index (χ0) is 33.3. The highest BCUT2D eigenvalue weighted by Crippen LogP contribution is 2.66. The van der Waals surface area contributed by atoms with Crippen LogP contribution < -0.4 is 5.73 Å². The van der Waals surface area contributed by atoms with Gasteiger partial charge >= 0.3 is 6.08 Å². The molecule has 0 bridgehead atoms. The lowest BCUT2D eigenvalue weighted by Gasteiger charge is -2.56. The summed E-state index contributed by atoms with van der Waals surface area (Å²) in [4.78, 5) is 48.2. The number of nitrogens with zero attached hydrogens (tertiary/aromatic N) is 4. The number of aliphatic hydroxyl groups is 5. The number of carbonyl (C=O) groups excluding carboxylic acids is 3. The first-order chi connectivity index (χ1) is 21.7. The molecule has 0 unspecified atom stereocenters. The maximum absolute atomic E-state index is 13.3. The van der Waals surface area contributed by atoms with Gasteiger partial charge in [-0.2, -0.15) is 14.4 Å². The number of aliphatic hydroxyl groups excluding tert-OH is 4. The number of imidazole rings is 1. The van der Waals surface area contributed by atoms with E-state index in [4.69, 9.17) is 15.6 Å². The normalized spacial score (nSPS) is 39.7. The first-order valence-electron chi connectivity index (χ1n) is 15.3. The lowest BCUT2D eigenvalue weighted by Crippen LogP contribution is -2.60. The number of allylic oxidation sites excluding steroid dienone is 4.